The van der Waals surface area contributed by atoms with Crippen LogP contribution in [0.15, 0.2) is 58.7 Å². The zero-order valence-corrected chi connectivity index (χ0v) is 20.5. The van der Waals surface area contributed by atoms with Crippen molar-refractivity contribution < 1.29 is 29.3 Å². The normalized spacial score (nSPS) is 33.1. The van der Waals surface area contributed by atoms with Gasteiger partial charge in [0.2, 0.25) is 5.91 Å². The molecule has 0 saturated heterocycles. The molecule has 0 aromatic carbocycles. The van der Waals surface area contributed by atoms with Crippen LogP contribution < -0.4 is 5.32 Å². The van der Waals surface area contributed by atoms with Gasteiger partial charge in [0.05, 0.1) is 20.0 Å². The summed E-state index contributed by atoms with van der Waals surface area (Å²) in [6.07, 6.45) is 4.72. The highest BCUT2D eigenvalue weighted by molar-refractivity contribution is 6.13. The molecule has 2 radical (unpaired) electrons. The molecule has 6 atom stereocenters. The van der Waals surface area contributed by atoms with Crippen molar-refractivity contribution in [2.45, 2.75) is 83.8 Å². The van der Waals surface area contributed by atoms with Crippen molar-refractivity contribution in [1.29, 1.82) is 0 Å². The zero-order chi connectivity index (χ0) is 25.8. The number of hydrogen-bond acceptors (Lipinski definition) is 5. The number of rotatable bonds is 6. The Morgan fingerprint density at radius 1 is 1.12 bits per heavy atom. The first kappa shape index (κ1) is 28.0. The van der Waals surface area contributed by atoms with Gasteiger partial charge in [-0.1, -0.05) is 49.8 Å². The van der Waals surface area contributed by atoms with E-state index in [1.165, 1.54) is 6.08 Å². The van der Waals surface area contributed by atoms with Crippen molar-refractivity contribution in [3.63, 3.8) is 0 Å². The van der Waals surface area contributed by atoms with E-state index < -0.39 is 42.2 Å². The first-order valence-corrected chi connectivity index (χ1v) is 11.5. The van der Waals surface area contributed by atoms with Crippen molar-refractivity contribution in [3.05, 3.63) is 58.7 Å². The minimum Gasteiger partial charge on any atom is -0.390 e. The average Bonchev–Trinajstić information content (AvgIpc) is 2.76. The van der Waals surface area contributed by atoms with E-state index in [9.17, 15) is 29.3 Å². The SMILES string of the molecule is [B]C1C(O)C(F)C(O)C(O)C1NC(=O)/C=C(C)/C=C/C=C(C)/C=C/C1=C(C)C(=O)CCC1(C)C. The van der Waals surface area contributed by atoms with Gasteiger partial charge in [-0.2, -0.15) is 0 Å². The highest BCUT2D eigenvalue weighted by Gasteiger charge is 2.47. The van der Waals surface area contributed by atoms with E-state index in [2.05, 4.69) is 19.2 Å². The summed E-state index contributed by atoms with van der Waals surface area (Å²) < 4.78 is 13.7. The molecule has 0 bridgehead atoms. The lowest BCUT2D eigenvalue weighted by Crippen LogP contribution is -2.62. The minimum absolute atomic E-state index is 0.0526. The summed E-state index contributed by atoms with van der Waals surface area (Å²) in [6.45, 7) is 9.78. The van der Waals surface area contributed by atoms with Crippen LogP contribution in [0.3, 0.4) is 0 Å². The molecule has 8 heteroatoms. The molecule has 2 rings (SSSR count). The summed E-state index contributed by atoms with van der Waals surface area (Å²) in [4.78, 5) is 24.4. The fourth-order valence-corrected chi connectivity index (χ4v) is 4.28. The third kappa shape index (κ3) is 6.65. The summed E-state index contributed by atoms with van der Waals surface area (Å²) in [5.41, 5.74) is 3.37. The average molecular weight is 471 g/mol. The first-order valence-electron chi connectivity index (χ1n) is 11.5. The number of nitrogens with one attached hydrogen (secondary N) is 1. The number of halogens is 1. The van der Waals surface area contributed by atoms with Gasteiger partial charge in [0.15, 0.2) is 12.0 Å². The predicted molar refractivity (Wildman–Crippen MR) is 131 cm³/mol. The van der Waals surface area contributed by atoms with Crippen molar-refractivity contribution in [3.8, 4) is 0 Å². The molecule has 6 nitrogen and oxygen atoms in total. The van der Waals surface area contributed by atoms with Crippen molar-refractivity contribution >= 4 is 19.5 Å². The number of alkyl halides is 1. The molecular weight excluding hydrogens is 436 g/mol. The number of hydrogen-bond donors (Lipinski definition) is 4. The maximum atomic E-state index is 13.7. The zero-order valence-electron chi connectivity index (χ0n) is 20.5. The van der Waals surface area contributed by atoms with Crippen LogP contribution >= 0.6 is 0 Å². The van der Waals surface area contributed by atoms with Gasteiger partial charge in [-0.15, -0.1) is 0 Å². The lowest BCUT2D eigenvalue weighted by molar-refractivity contribution is -0.131. The number of ketones is 1. The molecule has 1 amide bonds. The van der Waals surface area contributed by atoms with Gasteiger partial charge in [-0.25, -0.2) is 4.39 Å². The van der Waals surface area contributed by atoms with Crippen molar-refractivity contribution in [2.24, 2.45) is 5.41 Å². The maximum absolute atomic E-state index is 13.7. The molecule has 0 aromatic rings. The number of carbonyl (C=O) groups excluding carboxylic acids is 2. The van der Waals surface area contributed by atoms with Crippen LogP contribution in [0.2, 0.25) is 5.82 Å². The molecule has 1 fully saturated rings. The topological polar surface area (TPSA) is 107 Å². The molecule has 0 aliphatic heterocycles. The van der Waals surface area contributed by atoms with Gasteiger partial charge < -0.3 is 20.6 Å². The number of amides is 1. The number of allylic oxidation sites excluding steroid dienone is 9. The summed E-state index contributed by atoms with van der Waals surface area (Å²) >= 11 is 0. The van der Waals surface area contributed by atoms with E-state index in [0.717, 1.165) is 23.1 Å². The van der Waals surface area contributed by atoms with Gasteiger partial charge >= 0.3 is 0 Å². The van der Waals surface area contributed by atoms with E-state index in [1.807, 2.05) is 32.1 Å². The highest BCUT2D eigenvalue weighted by Crippen LogP contribution is 2.39. The molecule has 0 heterocycles. The van der Waals surface area contributed by atoms with Crippen molar-refractivity contribution in [2.75, 3.05) is 0 Å². The number of Topliss-reactive ketones (excluding diaryl/α,β-unsaturated/α-hetero) is 1. The monoisotopic (exact) mass is 471 g/mol. The second kappa shape index (κ2) is 11.4. The van der Waals surface area contributed by atoms with Crippen LogP contribution in [0.1, 0.15) is 47.5 Å². The Labute approximate surface area is 202 Å². The number of aliphatic hydroxyl groups excluding tert-OH is 3. The molecule has 2 aliphatic carbocycles. The molecule has 6 unspecified atom stereocenters. The Kier molecular flexibility index (Phi) is 9.40. The third-order valence-electron chi connectivity index (χ3n) is 6.61. The van der Waals surface area contributed by atoms with Crippen LogP contribution in [-0.2, 0) is 9.59 Å². The van der Waals surface area contributed by atoms with E-state index >= 15 is 0 Å². The van der Waals surface area contributed by atoms with E-state index in [-0.39, 0.29) is 11.2 Å². The first-order chi connectivity index (χ1) is 15.8. The van der Waals surface area contributed by atoms with Crippen LogP contribution in [0.5, 0.6) is 0 Å². The van der Waals surface area contributed by atoms with Gasteiger partial charge in [-0.3, -0.25) is 9.59 Å². The lowest BCUT2D eigenvalue weighted by atomic mass is 9.67. The lowest BCUT2D eigenvalue weighted by Gasteiger charge is -2.42. The Hall–Kier alpha value is -2.29. The second-order valence-electron chi connectivity index (χ2n) is 9.87. The van der Waals surface area contributed by atoms with Gasteiger partial charge in [0.1, 0.15) is 12.2 Å². The van der Waals surface area contributed by atoms with E-state index in [4.69, 9.17) is 7.85 Å². The van der Waals surface area contributed by atoms with E-state index in [1.54, 1.807) is 19.1 Å². The highest BCUT2D eigenvalue weighted by atomic mass is 19.1. The third-order valence-corrected chi connectivity index (χ3v) is 6.61. The molecule has 184 valence electrons. The van der Waals surface area contributed by atoms with Gasteiger partial charge in [0, 0.05) is 12.5 Å². The fraction of sp³-hybridized carbons (Fsp3) is 0.538. The molecule has 0 spiro atoms. The quantitative estimate of drug-likeness (QED) is 0.271. The van der Waals surface area contributed by atoms with Gasteiger partial charge in [-0.05, 0) is 55.1 Å². The smallest absolute Gasteiger partial charge is 0.244 e. The summed E-state index contributed by atoms with van der Waals surface area (Å²) in [5.74, 6) is -1.66. The number of carbonyl (C=O) groups is 2. The Bertz CT molecular complexity index is 933. The largest absolute Gasteiger partial charge is 0.390 e. The minimum atomic E-state index is -2.09. The summed E-state index contributed by atoms with van der Waals surface area (Å²) in [5, 5.41) is 31.9. The van der Waals surface area contributed by atoms with Crippen LogP contribution in [0.4, 0.5) is 4.39 Å². The molecule has 0 aromatic heterocycles. The van der Waals surface area contributed by atoms with Crippen LogP contribution in [0, 0.1) is 5.41 Å². The van der Waals surface area contributed by atoms with Crippen LogP contribution in [-0.4, -0.2) is 65.4 Å². The fourth-order valence-electron chi connectivity index (χ4n) is 4.28. The Morgan fingerprint density at radius 3 is 2.41 bits per heavy atom. The molecule has 4 N–H and O–H groups in total. The molecule has 2 aliphatic rings. The summed E-state index contributed by atoms with van der Waals surface area (Å²) in [6, 6.07) is -1.20. The standard InChI is InChI=1S/C26H35BFNO5/c1-14(9-10-17-16(3)18(30)11-12-26(17,4)5)7-6-8-15(2)13-19(31)29-22-20(27)23(32)21(28)24(33)25(22)34/h6-10,13,20-25,32-34H,11-12H2,1-5H3,(H,29,31)/b8-6+,10-9+,14-7+,15-13+. The van der Waals surface area contributed by atoms with Gasteiger partial charge in [0.25, 0.3) is 0 Å². The Morgan fingerprint density at radius 2 is 1.76 bits per heavy atom. The molecule has 1 saturated carbocycles. The maximum Gasteiger partial charge on any atom is 0.244 e. The second-order valence-corrected chi connectivity index (χ2v) is 9.87. The molecule has 34 heavy (non-hydrogen) atoms. The van der Waals surface area contributed by atoms with Crippen molar-refractivity contribution in [1.82, 2.24) is 5.32 Å². The Balaban J connectivity index is 2.02. The van der Waals surface area contributed by atoms with Crippen LogP contribution in [0.25, 0.3) is 0 Å². The summed E-state index contributed by atoms with van der Waals surface area (Å²) in [7, 11) is 5.73. The predicted octanol–water partition coefficient (Wildman–Crippen LogP) is 2.57. The van der Waals surface area contributed by atoms with E-state index in [0.29, 0.717) is 12.0 Å². The molecular formula is C26H35BFNO5. The number of aliphatic hydroxyl groups is 3.